The monoisotopic (exact) mass is 256 g/mol. The molecule has 0 unspecified atom stereocenters. The SMILES string of the molecule is CCOC(=O)c1sc(C(=O)O)cc1C(C)(C)C. The van der Waals surface area contributed by atoms with Crippen LogP contribution in [0.2, 0.25) is 0 Å². The van der Waals surface area contributed by atoms with Gasteiger partial charge in [0, 0.05) is 0 Å². The Morgan fingerprint density at radius 2 is 2.00 bits per heavy atom. The Morgan fingerprint density at radius 3 is 2.41 bits per heavy atom. The zero-order valence-electron chi connectivity index (χ0n) is 10.4. The lowest BCUT2D eigenvalue weighted by Gasteiger charge is -2.18. The Kier molecular flexibility index (Phi) is 3.93. The highest BCUT2D eigenvalue weighted by molar-refractivity contribution is 7.16. The normalized spacial score (nSPS) is 11.3. The van der Waals surface area contributed by atoms with E-state index in [1.165, 1.54) is 0 Å². The summed E-state index contributed by atoms with van der Waals surface area (Å²) in [5.74, 6) is -1.47. The van der Waals surface area contributed by atoms with E-state index in [2.05, 4.69) is 0 Å². The molecule has 1 aromatic rings. The highest BCUT2D eigenvalue weighted by atomic mass is 32.1. The topological polar surface area (TPSA) is 63.6 Å². The number of hydrogen-bond acceptors (Lipinski definition) is 4. The molecule has 0 bridgehead atoms. The predicted molar refractivity (Wildman–Crippen MR) is 65.9 cm³/mol. The van der Waals surface area contributed by atoms with Crippen molar-refractivity contribution >= 4 is 23.3 Å². The van der Waals surface area contributed by atoms with Gasteiger partial charge in [-0.05, 0) is 24.0 Å². The van der Waals surface area contributed by atoms with Crippen LogP contribution in [-0.4, -0.2) is 23.7 Å². The maximum Gasteiger partial charge on any atom is 0.348 e. The van der Waals surface area contributed by atoms with E-state index in [0.717, 1.165) is 16.9 Å². The fourth-order valence-electron chi connectivity index (χ4n) is 1.40. The van der Waals surface area contributed by atoms with Gasteiger partial charge in [-0.1, -0.05) is 20.8 Å². The second-order valence-electron chi connectivity index (χ2n) is 4.63. The first-order valence-corrected chi connectivity index (χ1v) is 6.13. The third-order valence-electron chi connectivity index (χ3n) is 2.21. The van der Waals surface area contributed by atoms with Crippen LogP contribution in [0.1, 0.15) is 52.6 Å². The van der Waals surface area contributed by atoms with E-state index in [0.29, 0.717) is 4.88 Å². The molecule has 0 fully saturated rings. The van der Waals surface area contributed by atoms with Gasteiger partial charge in [-0.3, -0.25) is 0 Å². The summed E-state index contributed by atoms with van der Waals surface area (Å²) in [6.45, 7) is 7.80. The molecule has 0 aliphatic heterocycles. The molecular formula is C12H16O4S. The van der Waals surface area contributed by atoms with Crippen LogP contribution in [-0.2, 0) is 10.2 Å². The number of ether oxygens (including phenoxy) is 1. The molecule has 94 valence electrons. The highest BCUT2D eigenvalue weighted by Gasteiger charge is 2.27. The van der Waals surface area contributed by atoms with Crippen LogP contribution in [0.4, 0.5) is 0 Å². The second kappa shape index (κ2) is 4.87. The van der Waals surface area contributed by atoms with Crippen LogP contribution in [0.15, 0.2) is 6.07 Å². The maximum absolute atomic E-state index is 11.7. The molecule has 0 amide bonds. The van der Waals surface area contributed by atoms with Crippen molar-refractivity contribution in [3.63, 3.8) is 0 Å². The number of rotatable bonds is 3. The van der Waals surface area contributed by atoms with Gasteiger partial charge >= 0.3 is 11.9 Å². The van der Waals surface area contributed by atoms with Crippen LogP contribution in [0.5, 0.6) is 0 Å². The standard InChI is InChI=1S/C12H16O4S/c1-5-16-11(15)9-7(12(2,3)4)6-8(17-9)10(13)14/h6H,5H2,1-4H3,(H,13,14). The van der Waals surface area contributed by atoms with E-state index >= 15 is 0 Å². The maximum atomic E-state index is 11.7. The van der Waals surface area contributed by atoms with Crippen molar-refractivity contribution in [2.45, 2.75) is 33.1 Å². The largest absolute Gasteiger partial charge is 0.477 e. The number of esters is 1. The second-order valence-corrected chi connectivity index (χ2v) is 5.68. The van der Waals surface area contributed by atoms with Gasteiger partial charge in [-0.15, -0.1) is 11.3 Å². The fourth-order valence-corrected chi connectivity index (χ4v) is 2.50. The summed E-state index contributed by atoms with van der Waals surface area (Å²) in [4.78, 5) is 23.2. The van der Waals surface area contributed by atoms with E-state index < -0.39 is 11.9 Å². The minimum absolute atomic E-state index is 0.165. The Balaban J connectivity index is 3.26. The molecule has 1 aromatic heterocycles. The van der Waals surface area contributed by atoms with Gasteiger partial charge in [0.1, 0.15) is 9.75 Å². The Bertz CT molecular complexity index is 440. The molecule has 0 aliphatic rings. The molecule has 0 spiro atoms. The number of carbonyl (C=O) groups is 2. The van der Waals surface area contributed by atoms with Crippen molar-refractivity contribution in [3.8, 4) is 0 Å². The van der Waals surface area contributed by atoms with Gasteiger partial charge < -0.3 is 9.84 Å². The molecule has 0 aromatic carbocycles. The molecule has 0 atom stereocenters. The summed E-state index contributed by atoms with van der Waals surface area (Å²) in [6, 6.07) is 1.55. The third kappa shape index (κ3) is 3.06. The first kappa shape index (κ1) is 13.7. The Labute approximate surface area is 104 Å². The summed E-state index contributed by atoms with van der Waals surface area (Å²) in [5, 5.41) is 8.96. The predicted octanol–water partition coefficient (Wildman–Crippen LogP) is 2.92. The molecule has 0 radical (unpaired) electrons. The van der Waals surface area contributed by atoms with Crippen LogP contribution < -0.4 is 0 Å². The van der Waals surface area contributed by atoms with Gasteiger partial charge in [-0.2, -0.15) is 0 Å². The molecule has 1 heterocycles. The molecule has 4 nitrogen and oxygen atoms in total. The van der Waals surface area contributed by atoms with Crippen molar-refractivity contribution in [2.75, 3.05) is 6.61 Å². The summed E-state index contributed by atoms with van der Waals surface area (Å²) in [6.07, 6.45) is 0. The zero-order valence-corrected chi connectivity index (χ0v) is 11.2. The summed E-state index contributed by atoms with van der Waals surface area (Å²) < 4.78 is 4.94. The number of carboxylic acids is 1. The first-order chi connectivity index (χ1) is 7.77. The quantitative estimate of drug-likeness (QED) is 0.844. The van der Waals surface area contributed by atoms with Crippen molar-refractivity contribution in [3.05, 3.63) is 21.4 Å². The minimum atomic E-state index is -1.02. The lowest BCUT2D eigenvalue weighted by molar-refractivity contribution is 0.0529. The van der Waals surface area contributed by atoms with E-state index in [-0.39, 0.29) is 16.9 Å². The molecule has 0 saturated heterocycles. The number of carbonyl (C=O) groups excluding carboxylic acids is 1. The third-order valence-corrected chi connectivity index (χ3v) is 3.31. The van der Waals surface area contributed by atoms with Gasteiger partial charge in [0.2, 0.25) is 0 Å². The van der Waals surface area contributed by atoms with Gasteiger partial charge in [0.15, 0.2) is 0 Å². The average molecular weight is 256 g/mol. The zero-order chi connectivity index (χ0) is 13.2. The minimum Gasteiger partial charge on any atom is -0.477 e. The molecule has 1 N–H and O–H groups in total. The van der Waals surface area contributed by atoms with Gasteiger partial charge in [0.05, 0.1) is 6.61 Å². The lowest BCUT2D eigenvalue weighted by Crippen LogP contribution is -2.15. The smallest absolute Gasteiger partial charge is 0.348 e. The van der Waals surface area contributed by atoms with Crippen LogP contribution in [0, 0.1) is 0 Å². The average Bonchev–Trinajstić information content (AvgIpc) is 2.61. The highest BCUT2D eigenvalue weighted by Crippen LogP contribution is 2.33. The first-order valence-electron chi connectivity index (χ1n) is 5.32. The summed E-state index contributed by atoms with van der Waals surface area (Å²) >= 11 is 0.968. The van der Waals surface area contributed by atoms with Crippen LogP contribution in [0.3, 0.4) is 0 Å². The van der Waals surface area contributed by atoms with E-state index in [1.807, 2.05) is 20.8 Å². The molecule has 0 saturated carbocycles. The summed E-state index contributed by atoms with van der Waals surface area (Å²) in [7, 11) is 0. The number of thiophene rings is 1. The Morgan fingerprint density at radius 1 is 1.41 bits per heavy atom. The van der Waals surface area contributed by atoms with Crippen LogP contribution in [0.25, 0.3) is 0 Å². The van der Waals surface area contributed by atoms with Crippen molar-refractivity contribution < 1.29 is 19.4 Å². The van der Waals surface area contributed by atoms with E-state index in [4.69, 9.17) is 9.84 Å². The lowest BCUT2D eigenvalue weighted by atomic mass is 9.87. The molecular weight excluding hydrogens is 240 g/mol. The Hall–Kier alpha value is -1.36. The summed E-state index contributed by atoms with van der Waals surface area (Å²) in [5.41, 5.74) is 0.435. The number of hydrogen-bond donors (Lipinski definition) is 1. The van der Waals surface area contributed by atoms with E-state index in [1.54, 1.807) is 13.0 Å². The van der Waals surface area contributed by atoms with Crippen molar-refractivity contribution in [1.82, 2.24) is 0 Å². The van der Waals surface area contributed by atoms with Crippen molar-refractivity contribution in [1.29, 1.82) is 0 Å². The fraction of sp³-hybridized carbons (Fsp3) is 0.500. The molecule has 5 heteroatoms. The molecule has 1 rings (SSSR count). The molecule has 17 heavy (non-hydrogen) atoms. The van der Waals surface area contributed by atoms with Crippen molar-refractivity contribution in [2.24, 2.45) is 0 Å². The number of aromatic carboxylic acids is 1. The molecule has 0 aliphatic carbocycles. The van der Waals surface area contributed by atoms with Crippen LogP contribution >= 0.6 is 11.3 Å². The van der Waals surface area contributed by atoms with Gasteiger partial charge in [0.25, 0.3) is 0 Å². The number of carboxylic acid groups (broad SMARTS) is 1. The van der Waals surface area contributed by atoms with E-state index in [9.17, 15) is 9.59 Å². The van der Waals surface area contributed by atoms with Gasteiger partial charge in [-0.25, -0.2) is 9.59 Å².